The van der Waals surface area contributed by atoms with Gasteiger partial charge in [0.05, 0.1) is 6.61 Å². The summed E-state index contributed by atoms with van der Waals surface area (Å²) >= 11 is 0. The van der Waals surface area contributed by atoms with E-state index in [4.69, 9.17) is 0 Å². The largest absolute Gasteiger partial charge is 0.395 e. The van der Waals surface area contributed by atoms with Crippen LogP contribution in [0.3, 0.4) is 0 Å². The Morgan fingerprint density at radius 1 is 1.44 bits per heavy atom. The van der Waals surface area contributed by atoms with Gasteiger partial charge >= 0.3 is 0 Å². The lowest BCUT2D eigenvalue weighted by Gasteiger charge is -2.24. The fourth-order valence-corrected chi connectivity index (χ4v) is 2.66. The summed E-state index contributed by atoms with van der Waals surface area (Å²) in [5.74, 6) is 0.718. The molecule has 1 aliphatic heterocycles. The second-order valence-corrected chi connectivity index (χ2v) is 5.16. The molecule has 1 aliphatic rings. The number of hydrogen-bond donors (Lipinski definition) is 2. The van der Waals surface area contributed by atoms with Crippen molar-refractivity contribution in [3.8, 4) is 0 Å². The van der Waals surface area contributed by atoms with Crippen LogP contribution >= 0.6 is 0 Å². The Hall–Kier alpha value is -0.160. The smallest absolute Gasteiger partial charge is 0.0597 e. The minimum atomic E-state index is 0.220. The predicted octanol–water partition coefficient (Wildman–Crippen LogP) is -0.161. The van der Waals surface area contributed by atoms with Gasteiger partial charge in [0, 0.05) is 31.7 Å². The third-order valence-corrected chi connectivity index (χ3v) is 3.50. The molecule has 1 heterocycles. The van der Waals surface area contributed by atoms with Gasteiger partial charge in [-0.1, -0.05) is 13.8 Å². The number of likely N-dealkylation sites (N-methyl/N-ethyl adjacent to an activating group) is 2. The first kappa shape index (κ1) is 13.9. The lowest BCUT2D eigenvalue weighted by molar-refractivity contribution is 0.192. The quantitative estimate of drug-likeness (QED) is 0.664. The molecule has 3 atom stereocenters. The SMILES string of the molecule is CCNC(CO)CN1CC(C)C(N(C)C)C1. The highest BCUT2D eigenvalue weighted by molar-refractivity contribution is 4.88. The second-order valence-electron chi connectivity index (χ2n) is 5.16. The van der Waals surface area contributed by atoms with E-state index in [-0.39, 0.29) is 12.6 Å². The summed E-state index contributed by atoms with van der Waals surface area (Å²) in [6.45, 7) is 8.76. The lowest BCUT2D eigenvalue weighted by atomic mass is 10.1. The van der Waals surface area contributed by atoms with Crippen molar-refractivity contribution in [3.05, 3.63) is 0 Å². The molecule has 0 spiro atoms. The summed E-state index contributed by atoms with van der Waals surface area (Å²) in [6.07, 6.45) is 0. The first-order valence-electron chi connectivity index (χ1n) is 6.31. The zero-order valence-corrected chi connectivity index (χ0v) is 11.1. The van der Waals surface area contributed by atoms with Crippen molar-refractivity contribution in [2.75, 3.05) is 46.9 Å². The lowest BCUT2D eigenvalue weighted by Crippen LogP contribution is -2.43. The van der Waals surface area contributed by atoms with Gasteiger partial charge in [0.2, 0.25) is 0 Å². The first-order valence-corrected chi connectivity index (χ1v) is 6.31. The fourth-order valence-electron chi connectivity index (χ4n) is 2.66. The van der Waals surface area contributed by atoms with E-state index in [0.717, 1.165) is 32.1 Å². The Bertz CT molecular complexity index is 199. The third kappa shape index (κ3) is 3.70. The average molecular weight is 229 g/mol. The summed E-state index contributed by atoms with van der Waals surface area (Å²) < 4.78 is 0. The molecular formula is C12H27N3O. The highest BCUT2D eigenvalue weighted by Gasteiger charge is 2.31. The molecule has 4 nitrogen and oxygen atoms in total. The maximum Gasteiger partial charge on any atom is 0.0597 e. The summed E-state index contributed by atoms with van der Waals surface area (Å²) in [5, 5.41) is 12.6. The maximum absolute atomic E-state index is 9.26. The van der Waals surface area contributed by atoms with Gasteiger partial charge in [0.25, 0.3) is 0 Å². The molecule has 0 aromatic heterocycles. The van der Waals surface area contributed by atoms with Crippen LogP contribution in [0.5, 0.6) is 0 Å². The molecule has 1 saturated heterocycles. The van der Waals surface area contributed by atoms with Crippen molar-refractivity contribution in [2.24, 2.45) is 5.92 Å². The Morgan fingerprint density at radius 2 is 2.12 bits per heavy atom. The van der Waals surface area contributed by atoms with Crippen molar-refractivity contribution in [1.29, 1.82) is 0 Å². The molecule has 0 aromatic rings. The highest BCUT2D eigenvalue weighted by atomic mass is 16.3. The van der Waals surface area contributed by atoms with Gasteiger partial charge in [-0.25, -0.2) is 0 Å². The van der Waals surface area contributed by atoms with E-state index in [9.17, 15) is 5.11 Å². The van der Waals surface area contributed by atoms with Gasteiger partial charge in [0.1, 0.15) is 0 Å². The summed E-state index contributed by atoms with van der Waals surface area (Å²) in [6, 6.07) is 0.874. The summed E-state index contributed by atoms with van der Waals surface area (Å²) in [7, 11) is 4.30. The highest BCUT2D eigenvalue weighted by Crippen LogP contribution is 2.19. The Morgan fingerprint density at radius 3 is 2.56 bits per heavy atom. The maximum atomic E-state index is 9.26. The molecule has 0 saturated carbocycles. The Kier molecular flexibility index (Phi) is 5.69. The van der Waals surface area contributed by atoms with Gasteiger partial charge in [0.15, 0.2) is 0 Å². The molecule has 1 fully saturated rings. The monoisotopic (exact) mass is 229 g/mol. The zero-order chi connectivity index (χ0) is 12.1. The van der Waals surface area contributed by atoms with Crippen LogP contribution in [0, 0.1) is 5.92 Å². The van der Waals surface area contributed by atoms with Gasteiger partial charge < -0.3 is 15.3 Å². The van der Waals surface area contributed by atoms with Crippen LogP contribution in [0.15, 0.2) is 0 Å². The van der Waals surface area contributed by atoms with Crippen molar-refractivity contribution in [1.82, 2.24) is 15.1 Å². The standard InChI is InChI=1S/C12H27N3O/c1-5-13-11(9-16)7-15-6-10(2)12(8-15)14(3)4/h10-13,16H,5-9H2,1-4H3. The summed E-state index contributed by atoms with van der Waals surface area (Å²) in [5.41, 5.74) is 0. The van der Waals surface area contributed by atoms with Crippen LogP contribution in [0.25, 0.3) is 0 Å². The Balaban J connectivity index is 2.39. The average Bonchev–Trinajstić information content (AvgIpc) is 2.59. The molecule has 2 N–H and O–H groups in total. The van der Waals surface area contributed by atoms with Gasteiger partial charge in [-0.05, 0) is 26.6 Å². The molecule has 0 radical (unpaired) electrons. The molecule has 0 aromatic carbocycles. The van der Waals surface area contributed by atoms with Crippen molar-refractivity contribution < 1.29 is 5.11 Å². The molecule has 0 aliphatic carbocycles. The van der Waals surface area contributed by atoms with E-state index in [0.29, 0.717) is 6.04 Å². The van der Waals surface area contributed by atoms with Gasteiger partial charge in [-0.2, -0.15) is 0 Å². The first-order chi connectivity index (χ1) is 7.58. The van der Waals surface area contributed by atoms with Crippen LogP contribution in [0.1, 0.15) is 13.8 Å². The van der Waals surface area contributed by atoms with Crippen LogP contribution in [0.4, 0.5) is 0 Å². The van der Waals surface area contributed by atoms with E-state index in [1.165, 1.54) is 0 Å². The topological polar surface area (TPSA) is 38.7 Å². The van der Waals surface area contributed by atoms with E-state index >= 15 is 0 Å². The van der Waals surface area contributed by atoms with E-state index in [1.807, 2.05) is 0 Å². The number of hydrogen-bond acceptors (Lipinski definition) is 4. The molecule has 3 unspecified atom stereocenters. The van der Waals surface area contributed by atoms with Gasteiger partial charge in [-0.15, -0.1) is 0 Å². The summed E-state index contributed by atoms with van der Waals surface area (Å²) in [4.78, 5) is 4.77. The molecule has 0 bridgehead atoms. The number of nitrogens with one attached hydrogen (secondary N) is 1. The number of aliphatic hydroxyl groups excluding tert-OH is 1. The third-order valence-electron chi connectivity index (χ3n) is 3.50. The predicted molar refractivity (Wildman–Crippen MR) is 67.6 cm³/mol. The van der Waals surface area contributed by atoms with E-state index < -0.39 is 0 Å². The number of likely N-dealkylation sites (tertiary alicyclic amines) is 1. The molecule has 96 valence electrons. The number of rotatable bonds is 6. The van der Waals surface area contributed by atoms with Crippen LogP contribution in [-0.4, -0.2) is 73.9 Å². The van der Waals surface area contributed by atoms with Crippen LogP contribution < -0.4 is 5.32 Å². The second kappa shape index (κ2) is 6.55. The fraction of sp³-hybridized carbons (Fsp3) is 1.00. The van der Waals surface area contributed by atoms with Gasteiger partial charge in [-0.3, -0.25) is 4.90 Å². The van der Waals surface area contributed by atoms with E-state index in [1.54, 1.807) is 0 Å². The number of nitrogens with zero attached hydrogens (tertiary/aromatic N) is 2. The zero-order valence-electron chi connectivity index (χ0n) is 11.1. The van der Waals surface area contributed by atoms with Crippen molar-refractivity contribution >= 4 is 0 Å². The van der Waals surface area contributed by atoms with E-state index in [2.05, 4.69) is 43.1 Å². The van der Waals surface area contributed by atoms with Crippen molar-refractivity contribution in [2.45, 2.75) is 25.9 Å². The van der Waals surface area contributed by atoms with Crippen molar-refractivity contribution in [3.63, 3.8) is 0 Å². The molecular weight excluding hydrogens is 202 g/mol. The number of aliphatic hydroxyl groups is 1. The minimum Gasteiger partial charge on any atom is -0.395 e. The normalized spacial score (nSPS) is 28.9. The van der Waals surface area contributed by atoms with Crippen LogP contribution in [0.2, 0.25) is 0 Å². The molecule has 0 amide bonds. The molecule has 16 heavy (non-hydrogen) atoms. The minimum absolute atomic E-state index is 0.220. The molecule has 1 rings (SSSR count). The van der Waals surface area contributed by atoms with Crippen LogP contribution in [-0.2, 0) is 0 Å². The Labute approximate surface area is 99.6 Å². The molecule has 4 heteroatoms.